The van der Waals surface area contributed by atoms with Crippen LogP contribution in [0.25, 0.3) is 0 Å². The Hall–Kier alpha value is -2.06. The van der Waals surface area contributed by atoms with Gasteiger partial charge in [-0.3, -0.25) is 4.79 Å². The monoisotopic (exact) mass is 248 g/mol. The summed E-state index contributed by atoms with van der Waals surface area (Å²) in [5, 5.41) is 19.9. The number of hydrogen-bond donors (Lipinski definition) is 2. The molecule has 96 valence electrons. The number of hydrogen-bond acceptors (Lipinski definition) is 4. The van der Waals surface area contributed by atoms with E-state index in [9.17, 15) is 4.79 Å². The molecule has 1 rings (SSSR count). The number of carbonyl (C=O) groups is 1. The Morgan fingerprint density at radius 2 is 2.06 bits per heavy atom. The Morgan fingerprint density at radius 1 is 1.44 bits per heavy atom. The summed E-state index contributed by atoms with van der Waals surface area (Å²) >= 11 is 0. The fourth-order valence-electron chi connectivity index (χ4n) is 1.63. The van der Waals surface area contributed by atoms with E-state index in [0.29, 0.717) is 11.3 Å². The number of ether oxygens (including phenoxy) is 1. The van der Waals surface area contributed by atoms with Crippen LogP contribution in [0.15, 0.2) is 12.1 Å². The fraction of sp³-hybridized carbons (Fsp3) is 0.385. The molecular weight excluding hydrogens is 232 g/mol. The van der Waals surface area contributed by atoms with Crippen molar-refractivity contribution < 1.29 is 14.6 Å². The van der Waals surface area contributed by atoms with Crippen molar-refractivity contribution in [2.24, 2.45) is 0 Å². The van der Waals surface area contributed by atoms with Gasteiger partial charge in [-0.25, -0.2) is 0 Å². The van der Waals surface area contributed by atoms with Crippen molar-refractivity contribution in [1.29, 1.82) is 5.26 Å². The van der Waals surface area contributed by atoms with Crippen LogP contribution in [0.2, 0.25) is 0 Å². The van der Waals surface area contributed by atoms with E-state index in [2.05, 4.69) is 11.4 Å². The van der Waals surface area contributed by atoms with Crippen molar-refractivity contribution in [3.05, 3.63) is 28.8 Å². The summed E-state index contributed by atoms with van der Waals surface area (Å²) in [5.41, 5.74) is 2.21. The van der Waals surface area contributed by atoms with Gasteiger partial charge >= 0.3 is 0 Å². The van der Waals surface area contributed by atoms with Gasteiger partial charge in [-0.15, -0.1) is 0 Å². The van der Waals surface area contributed by atoms with Gasteiger partial charge in [0.25, 0.3) is 5.91 Å². The highest BCUT2D eigenvalue weighted by Gasteiger charge is 2.08. The summed E-state index contributed by atoms with van der Waals surface area (Å²) in [4.78, 5) is 11.3. The lowest BCUT2D eigenvalue weighted by atomic mass is 10.1. The smallest absolute Gasteiger partial charge is 0.258 e. The predicted molar refractivity (Wildman–Crippen MR) is 66.2 cm³/mol. The Kier molecular flexibility index (Phi) is 5.15. The Labute approximate surface area is 106 Å². The summed E-state index contributed by atoms with van der Waals surface area (Å²) in [6, 6.07) is 5.50. The molecule has 0 heterocycles. The number of benzene rings is 1. The molecule has 0 aliphatic rings. The second-order valence-corrected chi connectivity index (χ2v) is 3.91. The third kappa shape index (κ3) is 3.75. The maximum atomic E-state index is 11.3. The van der Waals surface area contributed by atoms with Gasteiger partial charge in [-0.05, 0) is 37.1 Å². The second kappa shape index (κ2) is 6.62. The Morgan fingerprint density at radius 3 is 2.56 bits per heavy atom. The van der Waals surface area contributed by atoms with E-state index in [1.54, 1.807) is 12.1 Å². The van der Waals surface area contributed by atoms with Crippen LogP contribution in [0.4, 0.5) is 0 Å². The van der Waals surface area contributed by atoms with Crippen molar-refractivity contribution >= 4 is 5.91 Å². The maximum Gasteiger partial charge on any atom is 0.258 e. The van der Waals surface area contributed by atoms with Crippen molar-refractivity contribution in [3.8, 4) is 11.8 Å². The first kappa shape index (κ1) is 14.0. The van der Waals surface area contributed by atoms with Crippen LogP contribution in [0, 0.1) is 25.2 Å². The summed E-state index contributed by atoms with van der Waals surface area (Å²) in [7, 11) is 0. The van der Waals surface area contributed by atoms with E-state index in [4.69, 9.17) is 15.1 Å². The molecule has 1 aromatic rings. The van der Waals surface area contributed by atoms with Crippen molar-refractivity contribution in [2.45, 2.75) is 13.8 Å². The van der Waals surface area contributed by atoms with Gasteiger partial charge in [0.05, 0.1) is 18.2 Å². The average Bonchev–Trinajstić information content (AvgIpc) is 2.34. The number of nitrogens with zero attached hydrogens (tertiary/aromatic N) is 1. The second-order valence-electron chi connectivity index (χ2n) is 3.91. The lowest BCUT2D eigenvalue weighted by molar-refractivity contribution is -0.123. The van der Waals surface area contributed by atoms with E-state index >= 15 is 0 Å². The molecule has 0 aromatic heterocycles. The van der Waals surface area contributed by atoms with Crippen LogP contribution >= 0.6 is 0 Å². The standard InChI is InChI=1S/C13H16N2O3/c1-9-5-11(7-14)6-10(2)13(9)18-8-12(17)15-3-4-16/h5-6,16H,3-4,8H2,1-2H3,(H,15,17). The quantitative estimate of drug-likeness (QED) is 0.802. The zero-order valence-electron chi connectivity index (χ0n) is 10.5. The van der Waals surface area contributed by atoms with Crippen LogP contribution < -0.4 is 10.1 Å². The zero-order chi connectivity index (χ0) is 13.5. The summed E-state index contributed by atoms with van der Waals surface area (Å²) in [6.45, 7) is 3.67. The molecule has 1 aromatic carbocycles. The molecule has 0 saturated heterocycles. The third-order valence-electron chi connectivity index (χ3n) is 2.37. The number of aliphatic hydroxyl groups excluding tert-OH is 1. The number of rotatable bonds is 5. The normalized spacial score (nSPS) is 9.67. The molecule has 1 amide bonds. The lowest BCUT2D eigenvalue weighted by Gasteiger charge is -2.12. The van der Waals surface area contributed by atoms with Gasteiger partial charge < -0.3 is 15.2 Å². The molecule has 0 atom stereocenters. The molecule has 0 spiro atoms. The Bertz CT molecular complexity index is 455. The first-order chi connectivity index (χ1) is 8.58. The highest BCUT2D eigenvalue weighted by Crippen LogP contribution is 2.24. The SMILES string of the molecule is Cc1cc(C#N)cc(C)c1OCC(=O)NCCO. The molecule has 0 aliphatic heterocycles. The van der Waals surface area contributed by atoms with E-state index in [-0.39, 0.29) is 25.7 Å². The highest BCUT2D eigenvalue weighted by atomic mass is 16.5. The number of aliphatic hydroxyl groups is 1. The van der Waals surface area contributed by atoms with Gasteiger partial charge in [-0.1, -0.05) is 0 Å². The summed E-state index contributed by atoms with van der Waals surface area (Å²) in [5.74, 6) is 0.334. The average molecular weight is 248 g/mol. The number of amides is 1. The van der Waals surface area contributed by atoms with Gasteiger partial charge in [-0.2, -0.15) is 5.26 Å². The van der Waals surface area contributed by atoms with Crippen LogP contribution in [0.5, 0.6) is 5.75 Å². The number of nitrogens with one attached hydrogen (secondary N) is 1. The molecule has 2 N–H and O–H groups in total. The fourth-order valence-corrected chi connectivity index (χ4v) is 1.63. The van der Waals surface area contributed by atoms with Crippen molar-refractivity contribution in [3.63, 3.8) is 0 Å². The lowest BCUT2D eigenvalue weighted by Crippen LogP contribution is -2.31. The highest BCUT2D eigenvalue weighted by molar-refractivity contribution is 5.77. The van der Waals surface area contributed by atoms with E-state index in [1.165, 1.54) is 0 Å². The van der Waals surface area contributed by atoms with E-state index < -0.39 is 0 Å². The number of aryl methyl sites for hydroxylation is 2. The first-order valence-corrected chi connectivity index (χ1v) is 5.60. The Balaban J connectivity index is 2.68. The number of nitriles is 1. The first-order valence-electron chi connectivity index (χ1n) is 5.60. The maximum absolute atomic E-state index is 11.3. The van der Waals surface area contributed by atoms with Crippen LogP contribution in [0.1, 0.15) is 16.7 Å². The molecule has 0 unspecified atom stereocenters. The van der Waals surface area contributed by atoms with E-state index in [0.717, 1.165) is 11.1 Å². The van der Waals surface area contributed by atoms with Crippen molar-refractivity contribution in [1.82, 2.24) is 5.32 Å². The molecule has 5 nitrogen and oxygen atoms in total. The minimum Gasteiger partial charge on any atom is -0.483 e. The van der Waals surface area contributed by atoms with Gasteiger partial charge in [0.1, 0.15) is 5.75 Å². The molecule has 0 saturated carbocycles. The molecule has 0 radical (unpaired) electrons. The minimum absolute atomic E-state index is 0.0966. The van der Waals surface area contributed by atoms with Gasteiger partial charge in [0.2, 0.25) is 0 Å². The third-order valence-corrected chi connectivity index (χ3v) is 2.37. The van der Waals surface area contributed by atoms with Crippen LogP contribution in [-0.2, 0) is 4.79 Å². The van der Waals surface area contributed by atoms with Crippen LogP contribution in [-0.4, -0.2) is 30.8 Å². The van der Waals surface area contributed by atoms with Gasteiger partial charge in [0, 0.05) is 6.54 Å². The molecule has 0 bridgehead atoms. The summed E-state index contributed by atoms with van der Waals surface area (Å²) < 4.78 is 5.42. The molecule has 0 fully saturated rings. The minimum atomic E-state index is -0.285. The topological polar surface area (TPSA) is 82.3 Å². The molecule has 18 heavy (non-hydrogen) atoms. The predicted octanol–water partition coefficient (Wildman–Crippen LogP) is 0.662. The molecular formula is C13H16N2O3. The molecule has 5 heteroatoms. The number of carbonyl (C=O) groups excluding carboxylic acids is 1. The zero-order valence-corrected chi connectivity index (χ0v) is 10.5. The van der Waals surface area contributed by atoms with Crippen LogP contribution in [0.3, 0.4) is 0 Å². The van der Waals surface area contributed by atoms with Crippen molar-refractivity contribution in [2.75, 3.05) is 19.8 Å². The summed E-state index contributed by atoms with van der Waals surface area (Å²) in [6.07, 6.45) is 0. The van der Waals surface area contributed by atoms with Gasteiger partial charge in [0.15, 0.2) is 6.61 Å². The molecule has 0 aliphatic carbocycles. The largest absolute Gasteiger partial charge is 0.483 e. The van der Waals surface area contributed by atoms with E-state index in [1.807, 2.05) is 13.8 Å².